The first kappa shape index (κ1) is 28.7. The van der Waals surface area contributed by atoms with Crippen LogP contribution in [0.5, 0.6) is 0 Å². The van der Waals surface area contributed by atoms with E-state index in [2.05, 4.69) is 37.7 Å². The van der Waals surface area contributed by atoms with Crippen molar-refractivity contribution in [3.63, 3.8) is 0 Å². The van der Waals surface area contributed by atoms with Crippen molar-refractivity contribution >= 4 is 49.7 Å². The van der Waals surface area contributed by atoms with Gasteiger partial charge in [-0.25, -0.2) is 17.2 Å². The average molecular weight is 609 g/mol. The van der Waals surface area contributed by atoms with Gasteiger partial charge in [-0.3, -0.25) is 14.7 Å². The Kier molecular flexibility index (Phi) is 7.61. The number of carbonyl (C=O) groups excluding carboxylic acids is 2. The number of piperazine rings is 1. The normalized spacial score (nSPS) is 16.2. The predicted octanol–water partition coefficient (Wildman–Crippen LogP) is 4.42. The van der Waals surface area contributed by atoms with E-state index in [0.29, 0.717) is 17.3 Å². The Bertz CT molecular complexity index is 1810. The molecule has 2 fully saturated rings. The van der Waals surface area contributed by atoms with Gasteiger partial charge in [-0.05, 0) is 68.4 Å². The Hall–Kier alpha value is -4.36. The minimum atomic E-state index is -4.28. The largest absolute Gasteiger partial charge is 0.369 e. The zero-order valence-corrected chi connectivity index (χ0v) is 24.2. The summed E-state index contributed by atoms with van der Waals surface area (Å²) >= 11 is 0. The van der Waals surface area contributed by atoms with Gasteiger partial charge in [0.15, 0.2) is 5.82 Å². The van der Waals surface area contributed by atoms with Crippen molar-refractivity contribution in [3.8, 4) is 0 Å². The monoisotopic (exact) mass is 608 g/mol. The zero-order valence-electron chi connectivity index (χ0n) is 23.4. The first-order chi connectivity index (χ1) is 20.6. The molecule has 10 nitrogen and oxygen atoms in total. The van der Waals surface area contributed by atoms with E-state index in [1.165, 1.54) is 18.2 Å². The van der Waals surface area contributed by atoms with Gasteiger partial charge in [-0.15, -0.1) is 0 Å². The highest BCUT2D eigenvalue weighted by Gasteiger charge is 2.28. The van der Waals surface area contributed by atoms with Crippen LogP contribution >= 0.6 is 0 Å². The summed E-state index contributed by atoms with van der Waals surface area (Å²) in [5, 5.41) is 12.9. The number of nitrogens with zero attached hydrogens (tertiary/aromatic N) is 3. The number of hydrogen-bond donors (Lipinski definition) is 3. The maximum Gasteiger partial charge on any atom is 0.258 e. The minimum absolute atomic E-state index is 0.0573. The quantitative estimate of drug-likeness (QED) is 0.284. The molecule has 2 heterocycles. The van der Waals surface area contributed by atoms with Crippen molar-refractivity contribution in [1.82, 2.24) is 15.1 Å². The fourth-order valence-corrected chi connectivity index (χ4v) is 6.58. The Morgan fingerprint density at radius 1 is 0.907 bits per heavy atom. The van der Waals surface area contributed by atoms with Gasteiger partial charge in [0, 0.05) is 49.2 Å². The minimum Gasteiger partial charge on any atom is -0.369 e. The molecule has 4 aromatic rings. The van der Waals surface area contributed by atoms with Gasteiger partial charge >= 0.3 is 0 Å². The smallest absolute Gasteiger partial charge is 0.258 e. The van der Waals surface area contributed by atoms with E-state index in [1.807, 2.05) is 12.1 Å². The maximum absolute atomic E-state index is 13.8. The highest BCUT2D eigenvalue weighted by atomic mass is 32.2. The number of fused-ring (bicyclic) bond motifs is 1. The molecule has 6 rings (SSSR count). The van der Waals surface area contributed by atoms with Gasteiger partial charge in [0.2, 0.25) is 15.7 Å². The summed E-state index contributed by atoms with van der Waals surface area (Å²) in [4.78, 5) is 30.2. The fraction of sp³-hybridized carbons (Fsp3) is 0.300. The topological polar surface area (TPSA) is 127 Å². The van der Waals surface area contributed by atoms with Gasteiger partial charge in [0.25, 0.3) is 5.91 Å². The van der Waals surface area contributed by atoms with Crippen molar-refractivity contribution in [3.05, 3.63) is 71.8 Å². The Morgan fingerprint density at radius 3 is 2.30 bits per heavy atom. The lowest BCUT2D eigenvalue weighted by Crippen LogP contribution is -2.44. The molecule has 1 saturated heterocycles. The molecule has 0 spiro atoms. The van der Waals surface area contributed by atoms with Crippen LogP contribution in [0, 0.1) is 17.6 Å². The lowest BCUT2D eigenvalue weighted by Gasteiger charge is -2.34. The fourth-order valence-electron chi connectivity index (χ4n) is 5.25. The molecule has 1 aliphatic carbocycles. The first-order valence-corrected chi connectivity index (χ1v) is 15.5. The highest BCUT2D eigenvalue weighted by molar-refractivity contribution is 7.91. The molecule has 13 heteroatoms. The van der Waals surface area contributed by atoms with Gasteiger partial charge in [-0.1, -0.05) is 6.42 Å². The van der Waals surface area contributed by atoms with Crippen LogP contribution < -0.4 is 15.5 Å². The van der Waals surface area contributed by atoms with E-state index in [9.17, 15) is 26.8 Å². The number of H-pyrrole nitrogens is 1. The van der Waals surface area contributed by atoms with E-state index >= 15 is 0 Å². The molecule has 3 aromatic carbocycles. The molecule has 1 saturated carbocycles. The number of carbonyl (C=O) groups is 2. The Labute approximate surface area is 247 Å². The summed E-state index contributed by atoms with van der Waals surface area (Å²) in [7, 11) is -2.22. The van der Waals surface area contributed by atoms with Crippen LogP contribution in [0.3, 0.4) is 0 Å². The second-order valence-corrected chi connectivity index (χ2v) is 12.9. The summed E-state index contributed by atoms with van der Waals surface area (Å²) in [5.74, 6) is -2.76. The Morgan fingerprint density at radius 2 is 1.63 bits per heavy atom. The van der Waals surface area contributed by atoms with Crippen LogP contribution in [-0.4, -0.2) is 68.6 Å². The second kappa shape index (κ2) is 11.4. The molecule has 2 amide bonds. The third-order valence-corrected chi connectivity index (χ3v) is 9.80. The predicted molar refractivity (Wildman–Crippen MR) is 158 cm³/mol. The number of sulfone groups is 1. The van der Waals surface area contributed by atoms with E-state index < -0.39 is 32.3 Å². The second-order valence-electron chi connectivity index (χ2n) is 11.0. The van der Waals surface area contributed by atoms with E-state index in [-0.39, 0.29) is 33.5 Å². The van der Waals surface area contributed by atoms with Gasteiger partial charge in [0.05, 0.1) is 26.6 Å². The summed E-state index contributed by atoms with van der Waals surface area (Å²) in [6.45, 7) is 3.41. The number of halogens is 2. The molecule has 0 unspecified atom stereocenters. The summed E-state index contributed by atoms with van der Waals surface area (Å²) < 4.78 is 53.9. The molecule has 224 valence electrons. The van der Waals surface area contributed by atoms with Crippen molar-refractivity contribution in [2.75, 3.05) is 48.8 Å². The maximum atomic E-state index is 13.8. The van der Waals surface area contributed by atoms with Crippen LogP contribution in [0.1, 0.15) is 29.6 Å². The zero-order chi connectivity index (χ0) is 30.3. The third kappa shape index (κ3) is 5.82. The molecule has 1 aromatic heterocycles. The molecular weight excluding hydrogens is 578 g/mol. The van der Waals surface area contributed by atoms with Crippen molar-refractivity contribution < 1.29 is 26.8 Å². The van der Waals surface area contributed by atoms with Crippen molar-refractivity contribution in [2.24, 2.45) is 5.92 Å². The molecule has 0 atom stereocenters. The third-order valence-electron chi connectivity index (χ3n) is 8.07. The molecule has 43 heavy (non-hydrogen) atoms. The van der Waals surface area contributed by atoms with Gasteiger partial charge < -0.3 is 20.4 Å². The number of likely N-dealkylation sites (N-methyl/N-ethyl adjacent to an activating group) is 1. The van der Waals surface area contributed by atoms with Crippen molar-refractivity contribution in [2.45, 2.75) is 29.1 Å². The number of aromatic amines is 1. The summed E-state index contributed by atoms with van der Waals surface area (Å²) in [5.41, 5.74) is 1.92. The number of aromatic nitrogens is 2. The first-order valence-electron chi connectivity index (χ1n) is 14.0. The van der Waals surface area contributed by atoms with Crippen LogP contribution in [0.4, 0.5) is 26.0 Å². The lowest BCUT2D eigenvalue weighted by atomic mass is 9.84. The number of rotatable bonds is 7. The van der Waals surface area contributed by atoms with Crippen LogP contribution in [-0.2, 0) is 14.6 Å². The summed E-state index contributed by atoms with van der Waals surface area (Å²) in [6.07, 6.45) is 2.60. The van der Waals surface area contributed by atoms with Crippen LogP contribution in [0.15, 0.2) is 64.4 Å². The van der Waals surface area contributed by atoms with Crippen LogP contribution in [0.2, 0.25) is 0 Å². The van der Waals surface area contributed by atoms with Crippen molar-refractivity contribution in [1.29, 1.82) is 0 Å². The SMILES string of the molecule is CN1CCN(c2ccc(C(=O)Nc3n[nH]c4ccc(S(=O)(=O)c5cc(F)cc(F)c5)cc34)c(NC(=O)C3CCC3)c2)CC1. The molecular formula is C30H30F2N6O4S. The van der Waals surface area contributed by atoms with E-state index in [0.717, 1.165) is 63.3 Å². The number of anilines is 3. The standard InChI is InChI=1S/C30H30F2N6O4S/c1-37-9-11-38(12-10-37)21-5-7-24(27(16-21)33-29(39)18-3-2-4-18)30(40)34-28-25-17-22(6-8-26(25)35-36-28)43(41,42)23-14-19(31)13-20(32)15-23/h5-8,13-18H,2-4,9-12H2,1H3,(H,33,39)(H2,34,35,36,40). The molecule has 0 radical (unpaired) electrons. The van der Waals surface area contributed by atoms with E-state index in [4.69, 9.17) is 0 Å². The molecule has 0 bridgehead atoms. The average Bonchev–Trinajstić information content (AvgIpc) is 3.33. The Balaban J connectivity index is 1.30. The number of hydrogen-bond acceptors (Lipinski definition) is 7. The number of amides is 2. The van der Waals surface area contributed by atoms with Gasteiger partial charge in [0.1, 0.15) is 11.6 Å². The number of benzene rings is 3. The number of nitrogens with one attached hydrogen (secondary N) is 3. The lowest BCUT2D eigenvalue weighted by molar-refractivity contribution is -0.122. The van der Waals surface area contributed by atoms with Gasteiger partial charge in [-0.2, -0.15) is 5.10 Å². The van der Waals surface area contributed by atoms with E-state index in [1.54, 1.807) is 6.07 Å². The summed E-state index contributed by atoms with van der Waals surface area (Å²) in [6, 6.07) is 11.4. The molecule has 1 aliphatic heterocycles. The van der Waals surface area contributed by atoms with Crippen LogP contribution in [0.25, 0.3) is 10.9 Å². The molecule has 3 N–H and O–H groups in total. The highest BCUT2D eigenvalue weighted by Crippen LogP contribution is 2.32. The molecule has 2 aliphatic rings.